The van der Waals surface area contributed by atoms with Crippen LogP contribution in [-0.2, 0) is 0 Å². The minimum atomic E-state index is -0.118. The Bertz CT molecular complexity index is 1660. The molecule has 0 spiro atoms. The zero-order valence-corrected chi connectivity index (χ0v) is 24.1. The van der Waals surface area contributed by atoms with Crippen molar-refractivity contribution in [2.45, 2.75) is 0 Å². The summed E-state index contributed by atoms with van der Waals surface area (Å²) in [4.78, 5) is 32.3. The summed E-state index contributed by atoms with van der Waals surface area (Å²) in [7, 11) is 0. The fourth-order valence-corrected chi connectivity index (χ4v) is 4.80. The highest BCUT2D eigenvalue weighted by atomic mass is 127. The van der Waals surface area contributed by atoms with Gasteiger partial charge in [-0.25, -0.2) is 19.3 Å². The van der Waals surface area contributed by atoms with Crippen molar-refractivity contribution in [3.8, 4) is 34.2 Å². The molecule has 0 bridgehead atoms. The third kappa shape index (κ3) is 6.02. The van der Waals surface area contributed by atoms with E-state index in [-0.39, 0.29) is 11.1 Å². The Balaban J connectivity index is 0.000000155. The number of aromatic nitrogens is 6. The van der Waals surface area contributed by atoms with E-state index in [2.05, 4.69) is 65.3 Å². The predicted octanol–water partition coefficient (Wildman–Crippen LogP) is 5.66. The Kier molecular flexibility index (Phi) is 7.98. The number of hydrogen-bond acceptors (Lipinski definition) is 4. The van der Waals surface area contributed by atoms with Crippen molar-refractivity contribution in [1.82, 2.24) is 29.5 Å². The van der Waals surface area contributed by atoms with Crippen LogP contribution in [0.1, 0.15) is 0 Å². The molecule has 10 heteroatoms. The second-order valence-electron chi connectivity index (χ2n) is 8.08. The lowest BCUT2D eigenvalue weighted by Gasteiger charge is -2.01. The molecular weight excluding hydrogens is 706 g/mol. The molecule has 6 aromatic rings. The van der Waals surface area contributed by atoms with Gasteiger partial charge in [-0.2, -0.15) is 0 Å². The van der Waals surface area contributed by atoms with E-state index in [1.807, 2.05) is 72.8 Å². The Morgan fingerprint density at radius 3 is 1.37 bits per heavy atom. The number of aromatic amines is 2. The van der Waals surface area contributed by atoms with Crippen LogP contribution in [0.2, 0.25) is 0 Å². The van der Waals surface area contributed by atoms with Crippen LogP contribution in [0, 0.1) is 7.14 Å². The van der Waals surface area contributed by atoms with E-state index < -0.39 is 0 Å². The van der Waals surface area contributed by atoms with Gasteiger partial charge >= 0.3 is 0 Å². The third-order valence-corrected chi connectivity index (χ3v) is 6.81. The molecule has 0 radical (unpaired) electrons. The van der Waals surface area contributed by atoms with Crippen molar-refractivity contribution in [1.29, 1.82) is 0 Å². The molecule has 0 unspecified atom stereocenters. The lowest BCUT2D eigenvalue weighted by atomic mass is 10.2. The van der Waals surface area contributed by atoms with E-state index in [0.29, 0.717) is 11.6 Å². The maximum absolute atomic E-state index is 12.0. The molecule has 0 atom stereocenters. The van der Waals surface area contributed by atoms with Crippen molar-refractivity contribution in [3.05, 3.63) is 137 Å². The Hall–Kier alpha value is -3.78. The first-order chi connectivity index (χ1) is 18.5. The van der Waals surface area contributed by atoms with E-state index >= 15 is 0 Å². The molecule has 4 aromatic heterocycles. The van der Waals surface area contributed by atoms with Crippen LogP contribution in [0.15, 0.2) is 119 Å². The Morgan fingerprint density at radius 1 is 0.553 bits per heavy atom. The largest absolute Gasteiger partial charge is 0.289 e. The molecule has 6 rings (SSSR count). The van der Waals surface area contributed by atoms with Crippen LogP contribution in [-0.4, -0.2) is 29.5 Å². The van der Waals surface area contributed by atoms with Gasteiger partial charge in [0.15, 0.2) is 11.6 Å². The summed E-state index contributed by atoms with van der Waals surface area (Å²) in [5.74, 6) is 1.17. The first-order valence-electron chi connectivity index (χ1n) is 11.5. The van der Waals surface area contributed by atoms with Gasteiger partial charge in [0.25, 0.3) is 11.1 Å². The number of halogens is 2. The molecule has 0 amide bonds. The van der Waals surface area contributed by atoms with Gasteiger partial charge in [-0.3, -0.25) is 19.8 Å². The van der Waals surface area contributed by atoms with Gasteiger partial charge in [-0.15, -0.1) is 0 Å². The molecule has 0 saturated carbocycles. The monoisotopic (exact) mass is 726 g/mol. The number of hydrogen-bond donors (Lipinski definition) is 2. The fourth-order valence-electron chi connectivity index (χ4n) is 3.71. The van der Waals surface area contributed by atoms with Crippen molar-refractivity contribution in [2.24, 2.45) is 0 Å². The molecule has 0 aliphatic rings. The fraction of sp³-hybridized carbons (Fsp3) is 0. The van der Waals surface area contributed by atoms with Gasteiger partial charge < -0.3 is 0 Å². The molecule has 188 valence electrons. The quantitative estimate of drug-likeness (QED) is 0.229. The number of nitrogens with zero attached hydrogens (tertiary/aromatic N) is 4. The van der Waals surface area contributed by atoms with E-state index in [1.165, 1.54) is 9.36 Å². The number of nitrogens with one attached hydrogen (secondary N) is 2. The summed E-state index contributed by atoms with van der Waals surface area (Å²) < 4.78 is 5.13. The molecule has 8 nitrogen and oxygen atoms in total. The topological polar surface area (TPSA) is 101 Å². The summed E-state index contributed by atoms with van der Waals surface area (Å²) in [5, 5.41) is 6.16. The SMILES string of the molecule is O=c1cc(-c2cccc(I)c2)[nH]n1-c1ccccn1.O=c1cc(-c2cccc(I)c2)[nH]n1-c1ccccn1. The lowest BCUT2D eigenvalue weighted by Crippen LogP contribution is -2.14. The molecule has 38 heavy (non-hydrogen) atoms. The molecule has 0 saturated heterocycles. The summed E-state index contributed by atoms with van der Waals surface area (Å²) in [6.07, 6.45) is 3.32. The Labute approximate surface area is 244 Å². The average molecular weight is 726 g/mol. The van der Waals surface area contributed by atoms with E-state index in [1.54, 1.807) is 36.7 Å². The maximum atomic E-state index is 12.0. The average Bonchev–Trinajstić information content (AvgIpc) is 3.53. The summed E-state index contributed by atoms with van der Waals surface area (Å²) in [6, 6.07) is 30.0. The molecule has 2 aromatic carbocycles. The van der Waals surface area contributed by atoms with Crippen LogP contribution in [0.5, 0.6) is 0 Å². The van der Waals surface area contributed by atoms with Crippen molar-refractivity contribution >= 4 is 45.2 Å². The summed E-state index contributed by atoms with van der Waals surface area (Å²) >= 11 is 4.50. The number of rotatable bonds is 4. The van der Waals surface area contributed by atoms with Crippen LogP contribution in [0.3, 0.4) is 0 Å². The highest BCUT2D eigenvalue weighted by Crippen LogP contribution is 2.19. The van der Waals surface area contributed by atoms with Crippen LogP contribution < -0.4 is 11.1 Å². The van der Waals surface area contributed by atoms with Gasteiger partial charge in [0.05, 0.1) is 11.4 Å². The van der Waals surface area contributed by atoms with Gasteiger partial charge in [-0.1, -0.05) is 36.4 Å². The van der Waals surface area contributed by atoms with E-state index in [0.717, 1.165) is 29.7 Å². The van der Waals surface area contributed by atoms with Crippen LogP contribution in [0.4, 0.5) is 0 Å². The van der Waals surface area contributed by atoms with E-state index in [4.69, 9.17) is 0 Å². The Morgan fingerprint density at radius 2 is 1.00 bits per heavy atom. The highest BCUT2D eigenvalue weighted by Gasteiger charge is 2.09. The smallest absolute Gasteiger partial charge is 0.273 e. The molecule has 4 heterocycles. The van der Waals surface area contributed by atoms with Gasteiger partial charge in [0, 0.05) is 42.8 Å². The van der Waals surface area contributed by atoms with Gasteiger partial charge in [0.1, 0.15) is 0 Å². The normalized spacial score (nSPS) is 10.6. The van der Waals surface area contributed by atoms with Gasteiger partial charge in [0.2, 0.25) is 0 Å². The zero-order valence-electron chi connectivity index (χ0n) is 19.8. The third-order valence-electron chi connectivity index (χ3n) is 5.47. The van der Waals surface area contributed by atoms with Crippen molar-refractivity contribution in [2.75, 3.05) is 0 Å². The summed E-state index contributed by atoms with van der Waals surface area (Å²) in [6.45, 7) is 0. The zero-order chi connectivity index (χ0) is 26.5. The lowest BCUT2D eigenvalue weighted by molar-refractivity contribution is 0.821. The second kappa shape index (κ2) is 11.7. The molecule has 0 fully saturated rings. The minimum absolute atomic E-state index is 0.118. The number of H-pyrrole nitrogens is 2. The molecular formula is C28H20I2N6O2. The number of pyridine rings is 2. The summed E-state index contributed by atoms with van der Waals surface area (Å²) in [5.41, 5.74) is 3.31. The minimum Gasteiger partial charge on any atom is -0.289 e. The number of benzene rings is 2. The first-order valence-corrected chi connectivity index (χ1v) is 13.6. The van der Waals surface area contributed by atoms with Crippen LogP contribution in [0.25, 0.3) is 34.2 Å². The van der Waals surface area contributed by atoms with Gasteiger partial charge in [-0.05, 0) is 93.7 Å². The molecule has 2 N–H and O–H groups in total. The standard InChI is InChI=1S/2C14H10IN3O/c2*15-11-5-3-4-10(8-11)12-9-14(19)18(17-12)13-6-1-2-7-16-13/h2*1-9,17H. The first kappa shape index (κ1) is 25.9. The maximum Gasteiger partial charge on any atom is 0.273 e. The molecule has 0 aliphatic carbocycles. The molecule has 0 aliphatic heterocycles. The van der Waals surface area contributed by atoms with E-state index in [9.17, 15) is 9.59 Å². The predicted molar refractivity (Wildman–Crippen MR) is 165 cm³/mol. The van der Waals surface area contributed by atoms with Crippen LogP contribution >= 0.6 is 45.2 Å². The van der Waals surface area contributed by atoms with Crippen molar-refractivity contribution in [3.63, 3.8) is 0 Å². The second-order valence-corrected chi connectivity index (χ2v) is 10.6. The van der Waals surface area contributed by atoms with Crippen molar-refractivity contribution < 1.29 is 0 Å². The highest BCUT2D eigenvalue weighted by molar-refractivity contribution is 14.1.